The molecule has 1 fully saturated rings. The van der Waals surface area contributed by atoms with E-state index in [0.717, 1.165) is 17.3 Å². The summed E-state index contributed by atoms with van der Waals surface area (Å²) in [4.78, 5) is 42.8. The fraction of sp³-hybridized carbons (Fsp3) is 0.280. The number of anilines is 2. The minimum Gasteiger partial charge on any atom is -0.382 e. The van der Waals surface area contributed by atoms with Gasteiger partial charge in [-0.15, -0.1) is 0 Å². The minimum atomic E-state index is -0.379. The molecule has 7 nitrogen and oxygen atoms in total. The SMILES string of the molecule is CCOCCCN1C(=O)/C(=C2/C(=O)N(CC(=O)Nc3ccccc3C)c3ccccc32)SC1=S. The summed E-state index contributed by atoms with van der Waals surface area (Å²) in [6.45, 7) is 5.23. The Hall–Kier alpha value is -3.01. The molecule has 0 atom stereocenters. The molecule has 4 rings (SSSR count). The number of para-hydroxylation sites is 2. The molecule has 0 spiro atoms. The van der Waals surface area contributed by atoms with Gasteiger partial charge in [-0.05, 0) is 38.0 Å². The van der Waals surface area contributed by atoms with E-state index in [0.29, 0.717) is 57.9 Å². The highest BCUT2D eigenvalue weighted by Crippen LogP contribution is 2.44. The van der Waals surface area contributed by atoms with Crippen molar-refractivity contribution in [3.63, 3.8) is 0 Å². The minimum absolute atomic E-state index is 0.164. The number of nitrogens with one attached hydrogen (secondary N) is 1. The smallest absolute Gasteiger partial charge is 0.267 e. The van der Waals surface area contributed by atoms with E-state index >= 15 is 0 Å². The van der Waals surface area contributed by atoms with Crippen LogP contribution in [0.4, 0.5) is 11.4 Å². The first-order chi connectivity index (χ1) is 16.4. The third-order valence-electron chi connectivity index (χ3n) is 5.59. The number of hydrogen-bond acceptors (Lipinski definition) is 6. The van der Waals surface area contributed by atoms with Crippen molar-refractivity contribution in [2.45, 2.75) is 20.3 Å². The fourth-order valence-electron chi connectivity index (χ4n) is 3.91. The molecule has 2 aromatic carbocycles. The highest BCUT2D eigenvalue weighted by atomic mass is 32.2. The average Bonchev–Trinajstić information content (AvgIpc) is 3.25. The number of carbonyl (C=O) groups is 3. The van der Waals surface area contributed by atoms with Crippen LogP contribution in [0.1, 0.15) is 24.5 Å². The second-order valence-electron chi connectivity index (χ2n) is 7.85. The Morgan fingerprint density at radius 2 is 1.79 bits per heavy atom. The maximum absolute atomic E-state index is 13.5. The topological polar surface area (TPSA) is 79.0 Å². The third-order valence-corrected chi connectivity index (χ3v) is 7.04. The van der Waals surface area contributed by atoms with Crippen LogP contribution in [-0.2, 0) is 19.1 Å². The van der Waals surface area contributed by atoms with Crippen LogP contribution >= 0.6 is 24.0 Å². The molecule has 3 amide bonds. The van der Waals surface area contributed by atoms with Crippen molar-refractivity contribution in [3.8, 4) is 0 Å². The Morgan fingerprint density at radius 3 is 2.56 bits per heavy atom. The van der Waals surface area contributed by atoms with Gasteiger partial charge in [0.25, 0.3) is 11.8 Å². The first kappa shape index (κ1) is 24.1. The lowest BCUT2D eigenvalue weighted by Crippen LogP contribution is -2.35. The predicted molar refractivity (Wildman–Crippen MR) is 139 cm³/mol. The van der Waals surface area contributed by atoms with Crippen LogP contribution in [0.3, 0.4) is 0 Å². The summed E-state index contributed by atoms with van der Waals surface area (Å²) in [5.74, 6) is -0.978. The molecule has 34 heavy (non-hydrogen) atoms. The van der Waals surface area contributed by atoms with Gasteiger partial charge in [-0.2, -0.15) is 0 Å². The number of amides is 3. The van der Waals surface area contributed by atoms with Crippen molar-refractivity contribution < 1.29 is 19.1 Å². The monoisotopic (exact) mass is 495 g/mol. The number of ether oxygens (including phenoxy) is 1. The van der Waals surface area contributed by atoms with E-state index in [2.05, 4.69) is 5.32 Å². The van der Waals surface area contributed by atoms with Crippen molar-refractivity contribution in [1.82, 2.24) is 4.90 Å². The second kappa shape index (κ2) is 10.5. The molecule has 0 bridgehead atoms. The summed E-state index contributed by atoms with van der Waals surface area (Å²) >= 11 is 6.57. The van der Waals surface area contributed by atoms with Gasteiger partial charge in [0.15, 0.2) is 0 Å². The van der Waals surface area contributed by atoms with Gasteiger partial charge in [-0.3, -0.25) is 24.2 Å². The molecule has 1 saturated heterocycles. The number of carbonyl (C=O) groups excluding carboxylic acids is 3. The molecule has 2 aliphatic rings. The number of hydrogen-bond donors (Lipinski definition) is 1. The van der Waals surface area contributed by atoms with Gasteiger partial charge in [0.2, 0.25) is 5.91 Å². The van der Waals surface area contributed by atoms with Crippen LogP contribution in [0, 0.1) is 6.92 Å². The van der Waals surface area contributed by atoms with Crippen LogP contribution in [0.2, 0.25) is 0 Å². The normalized spacial score (nSPS) is 17.5. The Bertz CT molecular complexity index is 1190. The fourth-order valence-corrected chi connectivity index (χ4v) is 5.29. The maximum Gasteiger partial charge on any atom is 0.267 e. The summed E-state index contributed by atoms with van der Waals surface area (Å²) in [6, 6.07) is 14.6. The second-order valence-corrected chi connectivity index (χ2v) is 9.50. The van der Waals surface area contributed by atoms with Gasteiger partial charge >= 0.3 is 0 Å². The van der Waals surface area contributed by atoms with E-state index in [4.69, 9.17) is 17.0 Å². The molecule has 9 heteroatoms. The molecule has 0 unspecified atom stereocenters. The summed E-state index contributed by atoms with van der Waals surface area (Å²) in [7, 11) is 0. The number of rotatable bonds is 8. The zero-order valence-corrected chi connectivity index (χ0v) is 20.6. The molecule has 0 radical (unpaired) electrons. The quantitative estimate of drug-likeness (QED) is 0.339. The number of thioether (sulfide) groups is 1. The summed E-state index contributed by atoms with van der Waals surface area (Å²) in [5, 5.41) is 2.87. The average molecular weight is 496 g/mol. The van der Waals surface area contributed by atoms with Crippen LogP contribution in [0.15, 0.2) is 53.4 Å². The molecule has 2 heterocycles. The van der Waals surface area contributed by atoms with Crippen LogP contribution < -0.4 is 10.2 Å². The van der Waals surface area contributed by atoms with Gasteiger partial charge in [0.1, 0.15) is 10.9 Å². The van der Waals surface area contributed by atoms with Crippen molar-refractivity contribution in [2.24, 2.45) is 0 Å². The zero-order valence-electron chi connectivity index (χ0n) is 19.0. The molecule has 2 aliphatic heterocycles. The van der Waals surface area contributed by atoms with Crippen molar-refractivity contribution in [2.75, 3.05) is 36.5 Å². The van der Waals surface area contributed by atoms with Crippen molar-refractivity contribution in [3.05, 3.63) is 64.6 Å². The van der Waals surface area contributed by atoms with E-state index in [1.54, 1.807) is 18.2 Å². The zero-order chi connectivity index (χ0) is 24.2. The third kappa shape index (κ3) is 4.77. The number of thiocarbonyl (C=S) groups is 1. The molecule has 176 valence electrons. The lowest BCUT2D eigenvalue weighted by molar-refractivity contribution is -0.122. The van der Waals surface area contributed by atoms with E-state index in [1.807, 2.05) is 44.2 Å². The molecule has 1 N–H and O–H groups in total. The van der Waals surface area contributed by atoms with Gasteiger partial charge in [0.05, 0.1) is 16.2 Å². The Balaban J connectivity index is 1.58. The first-order valence-corrected chi connectivity index (χ1v) is 12.3. The molecular weight excluding hydrogens is 470 g/mol. The van der Waals surface area contributed by atoms with Gasteiger partial charge in [-0.1, -0.05) is 60.4 Å². The van der Waals surface area contributed by atoms with E-state index in [1.165, 1.54) is 9.80 Å². The summed E-state index contributed by atoms with van der Waals surface area (Å²) < 4.78 is 5.78. The maximum atomic E-state index is 13.5. The number of aryl methyl sites for hydroxylation is 1. The highest BCUT2D eigenvalue weighted by Gasteiger charge is 2.42. The van der Waals surface area contributed by atoms with E-state index in [9.17, 15) is 14.4 Å². The molecule has 2 aromatic rings. The standard InChI is InChI=1S/C25H25N3O4S2/c1-3-32-14-8-13-27-24(31)22(34-25(27)33)21-17-10-5-7-12-19(17)28(23(21)30)15-20(29)26-18-11-6-4-9-16(18)2/h4-7,9-12H,3,8,13-15H2,1-2H3,(H,26,29)/b22-21-. The number of fused-ring (bicyclic) bond motifs is 1. The molecule has 0 aromatic heterocycles. The van der Waals surface area contributed by atoms with Crippen LogP contribution in [0.5, 0.6) is 0 Å². The predicted octanol–water partition coefficient (Wildman–Crippen LogP) is 3.98. The van der Waals surface area contributed by atoms with Gasteiger partial charge in [-0.25, -0.2) is 0 Å². The highest BCUT2D eigenvalue weighted by molar-refractivity contribution is 8.26. The van der Waals surface area contributed by atoms with Gasteiger partial charge in [0, 0.05) is 31.0 Å². The molecular formula is C25H25N3O4S2. The Labute approximate surface area is 208 Å². The summed E-state index contributed by atoms with van der Waals surface area (Å²) in [5.41, 5.74) is 3.15. The van der Waals surface area contributed by atoms with Gasteiger partial charge < -0.3 is 10.1 Å². The Kier molecular flexibility index (Phi) is 7.45. The van der Waals surface area contributed by atoms with Crippen molar-refractivity contribution in [1.29, 1.82) is 0 Å². The summed E-state index contributed by atoms with van der Waals surface area (Å²) in [6.07, 6.45) is 0.651. The lowest BCUT2D eigenvalue weighted by Gasteiger charge is -2.17. The van der Waals surface area contributed by atoms with Crippen LogP contribution in [0.25, 0.3) is 5.57 Å². The lowest BCUT2D eigenvalue weighted by atomic mass is 10.1. The first-order valence-electron chi connectivity index (χ1n) is 11.0. The molecule has 0 aliphatic carbocycles. The Morgan fingerprint density at radius 1 is 1.06 bits per heavy atom. The van der Waals surface area contributed by atoms with E-state index in [-0.39, 0.29) is 24.3 Å². The molecule has 0 saturated carbocycles. The van der Waals surface area contributed by atoms with Crippen LogP contribution in [-0.4, -0.2) is 53.2 Å². The van der Waals surface area contributed by atoms with Crippen molar-refractivity contribution >= 4 is 63.0 Å². The van der Waals surface area contributed by atoms with E-state index < -0.39 is 0 Å². The number of benzene rings is 2. The number of nitrogens with zero attached hydrogens (tertiary/aromatic N) is 2. The largest absolute Gasteiger partial charge is 0.382 e.